The predicted molar refractivity (Wildman–Crippen MR) is 63.9 cm³/mol. The molecule has 0 aromatic heterocycles. The van der Waals surface area contributed by atoms with Gasteiger partial charge >= 0.3 is 0 Å². The maximum Gasteiger partial charge on any atom is 0.0743 e. The van der Waals surface area contributed by atoms with E-state index in [0.29, 0.717) is 18.7 Å². The van der Waals surface area contributed by atoms with Gasteiger partial charge in [-0.3, -0.25) is 4.90 Å². The smallest absolute Gasteiger partial charge is 0.0743 e. The van der Waals surface area contributed by atoms with Crippen LogP contribution in [0.15, 0.2) is 0 Å². The number of likely N-dealkylation sites (N-methyl/N-ethyl adjacent to an activating group) is 1. The van der Waals surface area contributed by atoms with Crippen molar-refractivity contribution in [3.8, 4) is 0 Å². The Labute approximate surface area is 94.0 Å². The highest BCUT2D eigenvalue weighted by Gasteiger charge is 2.27. The van der Waals surface area contributed by atoms with Gasteiger partial charge in [0.2, 0.25) is 0 Å². The van der Waals surface area contributed by atoms with Crippen LogP contribution in [0.5, 0.6) is 0 Å². The molecule has 3 heteroatoms. The lowest BCUT2D eigenvalue weighted by Crippen LogP contribution is -2.46. The second kappa shape index (κ2) is 6.46. The average Bonchev–Trinajstić information content (AvgIpc) is 2.69. The van der Waals surface area contributed by atoms with Crippen LogP contribution in [0.1, 0.15) is 33.1 Å². The number of ether oxygens (including phenoxy) is 1. The summed E-state index contributed by atoms with van der Waals surface area (Å²) in [7, 11) is 2.17. The predicted octanol–water partition coefficient (Wildman–Crippen LogP) is 1.47. The molecule has 0 amide bonds. The molecule has 2 unspecified atom stereocenters. The molecule has 0 aromatic carbocycles. The van der Waals surface area contributed by atoms with Crippen LogP contribution < -0.4 is 5.73 Å². The van der Waals surface area contributed by atoms with Crippen LogP contribution in [-0.4, -0.2) is 43.8 Å². The molecule has 90 valence electrons. The van der Waals surface area contributed by atoms with E-state index in [-0.39, 0.29) is 0 Å². The lowest BCUT2D eigenvalue weighted by molar-refractivity contribution is 0.0360. The summed E-state index contributed by atoms with van der Waals surface area (Å²) in [6.45, 7) is 7.27. The number of hydrogen-bond acceptors (Lipinski definition) is 3. The lowest BCUT2D eigenvalue weighted by Gasteiger charge is -2.31. The molecule has 1 fully saturated rings. The van der Waals surface area contributed by atoms with Crippen molar-refractivity contribution in [3.05, 3.63) is 0 Å². The molecular weight excluding hydrogens is 188 g/mol. The van der Waals surface area contributed by atoms with Crippen molar-refractivity contribution in [1.82, 2.24) is 4.90 Å². The van der Waals surface area contributed by atoms with Gasteiger partial charge in [-0.1, -0.05) is 13.8 Å². The Morgan fingerprint density at radius 1 is 1.47 bits per heavy atom. The largest absolute Gasteiger partial charge is 0.377 e. The normalized spacial score (nSPS) is 24.0. The molecule has 1 heterocycles. The van der Waals surface area contributed by atoms with E-state index in [1.807, 2.05) is 0 Å². The maximum atomic E-state index is 5.84. The summed E-state index contributed by atoms with van der Waals surface area (Å²) < 4.78 is 5.71. The highest BCUT2D eigenvalue weighted by molar-refractivity contribution is 4.82. The second-order valence-electron chi connectivity index (χ2n) is 5.02. The number of nitrogens with zero attached hydrogens (tertiary/aromatic N) is 1. The van der Waals surface area contributed by atoms with E-state index in [2.05, 4.69) is 25.8 Å². The van der Waals surface area contributed by atoms with Gasteiger partial charge in [0, 0.05) is 19.2 Å². The monoisotopic (exact) mass is 214 g/mol. The molecule has 0 bridgehead atoms. The van der Waals surface area contributed by atoms with E-state index in [1.54, 1.807) is 0 Å². The lowest BCUT2D eigenvalue weighted by atomic mass is 10.1. The fourth-order valence-electron chi connectivity index (χ4n) is 2.15. The maximum absolute atomic E-state index is 5.84. The van der Waals surface area contributed by atoms with Gasteiger partial charge < -0.3 is 10.5 Å². The van der Waals surface area contributed by atoms with E-state index in [1.165, 1.54) is 19.3 Å². The van der Waals surface area contributed by atoms with Crippen molar-refractivity contribution in [3.63, 3.8) is 0 Å². The molecule has 1 aliphatic heterocycles. The summed E-state index contributed by atoms with van der Waals surface area (Å²) in [6.07, 6.45) is 3.97. The van der Waals surface area contributed by atoms with Crippen LogP contribution in [0.3, 0.4) is 0 Å². The van der Waals surface area contributed by atoms with Crippen LogP contribution in [0.25, 0.3) is 0 Å². The topological polar surface area (TPSA) is 38.5 Å². The standard InChI is InChI=1S/C12H26N2O/c1-10(2)6-7-14(3)11(9-13)12-5-4-8-15-12/h10-12H,4-9,13H2,1-3H3. The van der Waals surface area contributed by atoms with Gasteiger partial charge in [0.25, 0.3) is 0 Å². The molecule has 1 aliphatic rings. The molecule has 3 nitrogen and oxygen atoms in total. The molecule has 1 rings (SSSR count). The Kier molecular flexibility index (Phi) is 5.58. The fourth-order valence-corrected chi connectivity index (χ4v) is 2.15. The van der Waals surface area contributed by atoms with Gasteiger partial charge in [0.1, 0.15) is 0 Å². The summed E-state index contributed by atoms with van der Waals surface area (Å²) in [5, 5.41) is 0. The number of hydrogen-bond donors (Lipinski definition) is 1. The zero-order valence-electron chi connectivity index (χ0n) is 10.4. The Balaban J connectivity index is 2.35. The van der Waals surface area contributed by atoms with Crippen molar-refractivity contribution < 1.29 is 4.74 Å². The molecule has 2 atom stereocenters. The van der Waals surface area contributed by atoms with Gasteiger partial charge in [-0.25, -0.2) is 0 Å². The Bertz CT molecular complexity index is 167. The SMILES string of the molecule is CC(C)CCN(C)C(CN)C1CCCO1. The number of rotatable bonds is 6. The van der Waals surface area contributed by atoms with E-state index >= 15 is 0 Å². The molecule has 0 spiro atoms. The molecule has 15 heavy (non-hydrogen) atoms. The quantitative estimate of drug-likeness (QED) is 0.727. The van der Waals surface area contributed by atoms with E-state index in [0.717, 1.165) is 19.1 Å². The minimum Gasteiger partial charge on any atom is -0.377 e. The summed E-state index contributed by atoms with van der Waals surface area (Å²) in [6, 6.07) is 0.409. The van der Waals surface area contributed by atoms with E-state index in [9.17, 15) is 0 Å². The first-order chi connectivity index (χ1) is 7.15. The van der Waals surface area contributed by atoms with Gasteiger partial charge in [-0.05, 0) is 38.8 Å². The fraction of sp³-hybridized carbons (Fsp3) is 1.00. The highest BCUT2D eigenvalue weighted by atomic mass is 16.5. The van der Waals surface area contributed by atoms with Crippen molar-refractivity contribution >= 4 is 0 Å². The highest BCUT2D eigenvalue weighted by Crippen LogP contribution is 2.19. The van der Waals surface area contributed by atoms with Crippen LogP contribution in [0.4, 0.5) is 0 Å². The number of nitrogens with two attached hydrogens (primary N) is 1. The summed E-state index contributed by atoms with van der Waals surface area (Å²) in [4.78, 5) is 2.37. The summed E-state index contributed by atoms with van der Waals surface area (Å²) in [5.41, 5.74) is 5.84. The zero-order valence-corrected chi connectivity index (χ0v) is 10.4. The molecule has 0 aromatic rings. The van der Waals surface area contributed by atoms with Gasteiger partial charge in [-0.2, -0.15) is 0 Å². The third-order valence-electron chi connectivity index (χ3n) is 3.26. The first-order valence-corrected chi connectivity index (χ1v) is 6.17. The molecular formula is C12H26N2O. The second-order valence-corrected chi connectivity index (χ2v) is 5.02. The van der Waals surface area contributed by atoms with Crippen molar-refractivity contribution in [2.75, 3.05) is 26.7 Å². The van der Waals surface area contributed by atoms with Gasteiger partial charge in [0.05, 0.1) is 6.10 Å². The van der Waals surface area contributed by atoms with E-state index < -0.39 is 0 Å². The van der Waals surface area contributed by atoms with Gasteiger partial charge in [-0.15, -0.1) is 0 Å². The molecule has 0 aliphatic carbocycles. The van der Waals surface area contributed by atoms with Gasteiger partial charge in [0.15, 0.2) is 0 Å². The Morgan fingerprint density at radius 3 is 2.67 bits per heavy atom. The Morgan fingerprint density at radius 2 is 2.20 bits per heavy atom. The average molecular weight is 214 g/mol. The molecule has 2 N–H and O–H groups in total. The first-order valence-electron chi connectivity index (χ1n) is 6.17. The van der Waals surface area contributed by atoms with Crippen molar-refractivity contribution in [1.29, 1.82) is 0 Å². The van der Waals surface area contributed by atoms with Crippen LogP contribution in [0, 0.1) is 5.92 Å². The Hall–Kier alpha value is -0.120. The molecule has 1 saturated heterocycles. The van der Waals surface area contributed by atoms with Crippen LogP contribution in [-0.2, 0) is 4.74 Å². The molecule has 0 radical (unpaired) electrons. The third kappa shape index (κ3) is 4.09. The summed E-state index contributed by atoms with van der Waals surface area (Å²) in [5.74, 6) is 0.760. The van der Waals surface area contributed by atoms with E-state index in [4.69, 9.17) is 10.5 Å². The van der Waals surface area contributed by atoms with Crippen LogP contribution >= 0.6 is 0 Å². The minimum atomic E-state index is 0.368. The first kappa shape index (κ1) is 12.9. The van der Waals surface area contributed by atoms with Crippen LogP contribution in [0.2, 0.25) is 0 Å². The minimum absolute atomic E-state index is 0.368. The third-order valence-corrected chi connectivity index (χ3v) is 3.26. The molecule has 0 saturated carbocycles. The summed E-state index contributed by atoms with van der Waals surface area (Å²) >= 11 is 0. The zero-order chi connectivity index (χ0) is 11.3. The van der Waals surface area contributed by atoms with Crippen molar-refractivity contribution in [2.24, 2.45) is 11.7 Å². The van der Waals surface area contributed by atoms with Crippen molar-refractivity contribution in [2.45, 2.75) is 45.3 Å².